The molecule has 0 aromatic heterocycles. The molecule has 1 fully saturated rings. The zero-order chi connectivity index (χ0) is 17.5. The van der Waals surface area contributed by atoms with Gasteiger partial charge in [0.05, 0.1) is 13.7 Å². The zero-order valence-electron chi connectivity index (χ0n) is 14.2. The molecule has 2 aromatic carbocycles. The summed E-state index contributed by atoms with van der Waals surface area (Å²) in [6.07, 6.45) is -0.415. The van der Waals surface area contributed by atoms with Gasteiger partial charge >= 0.3 is 0 Å². The van der Waals surface area contributed by atoms with Crippen molar-refractivity contribution in [1.29, 1.82) is 0 Å². The Morgan fingerprint density at radius 3 is 2.64 bits per heavy atom. The molecule has 0 spiro atoms. The predicted octanol–water partition coefficient (Wildman–Crippen LogP) is 2.09. The Bertz CT molecular complexity index is 697. The second kappa shape index (κ2) is 8.50. The van der Waals surface area contributed by atoms with Gasteiger partial charge in [-0.15, -0.1) is 0 Å². The molecule has 1 aliphatic heterocycles. The van der Waals surface area contributed by atoms with Crippen molar-refractivity contribution in [3.05, 3.63) is 54.1 Å². The lowest BCUT2D eigenvalue weighted by molar-refractivity contribution is -0.134. The maximum Gasteiger partial charge on any atom is 0.250 e. The lowest BCUT2D eigenvalue weighted by Crippen LogP contribution is -2.47. The predicted molar refractivity (Wildman–Crippen MR) is 94.0 cm³/mol. The number of ether oxygens (including phenoxy) is 3. The first kappa shape index (κ1) is 17.3. The highest BCUT2D eigenvalue weighted by molar-refractivity contribution is 5.81. The third-order valence-corrected chi connectivity index (χ3v) is 3.91. The number of morpholine rings is 1. The minimum absolute atomic E-state index is 0.0958. The molecule has 0 saturated carbocycles. The highest BCUT2D eigenvalue weighted by Crippen LogP contribution is 2.30. The van der Waals surface area contributed by atoms with Crippen LogP contribution in [0.4, 0.5) is 0 Å². The first-order valence-electron chi connectivity index (χ1n) is 8.26. The second-order valence-corrected chi connectivity index (χ2v) is 5.68. The van der Waals surface area contributed by atoms with E-state index in [1.54, 1.807) is 7.11 Å². The van der Waals surface area contributed by atoms with Crippen LogP contribution >= 0.6 is 0 Å². The van der Waals surface area contributed by atoms with E-state index in [1.807, 2.05) is 48.5 Å². The highest BCUT2D eigenvalue weighted by atomic mass is 16.5. The van der Waals surface area contributed by atoms with Crippen LogP contribution in [-0.2, 0) is 16.1 Å². The third-order valence-electron chi connectivity index (χ3n) is 3.91. The van der Waals surface area contributed by atoms with E-state index in [1.165, 1.54) is 0 Å². The summed E-state index contributed by atoms with van der Waals surface area (Å²) in [5.41, 5.74) is 0.990. The molecule has 0 radical (unpaired) electrons. The van der Waals surface area contributed by atoms with E-state index in [0.29, 0.717) is 36.9 Å². The summed E-state index contributed by atoms with van der Waals surface area (Å²) < 4.78 is 16.5. The normalized spacial score (nSPS) is 16.9. The highest BCUT2D eigenvalue weighted by Gasteiger charge is 2.21. The van der Waals surface area contributed by atoms with E-state index in [9.17, 15) is 4.79 Å². The SMILES string of the molecule is COc1ccccc1Oc1ccc(CNC(=O)C2CNCCO2)cc1. The number of benzene rings is 2. The lowest BCUT2D eigenvalue weighted by atomic mass is 10.2. The van der Waals surface area contributed by atoms with Crippen molar-refractivity contribution >= 4 is 5.91 Å². The van der Waals surface area contributed by atoms with E-state index < -0.39 is 6.10 Å². The van der Waals surface area contributed by atoms with Crippen molar-refractivity contribution in [3.8, 4) is 17.2 Å². The fourth-order valence-electron chi connectivity index (χ4n) is 2.54. The van der Waals surface area contributed by atoms with Gasteiger partial charge in [-0.3, -0.25) is 4.79 Å². The minimum atomic E-state index is -0.415. The Balaban J connectivity index is 1.54. The molecule has 1 heterocycles. The topological polar surface area (TPSA) is 68.8 Å². The molecule has 0 aliphatic carbocycles. The first-order chi connectivity index (χ1) is 12.3. The van der Waals surface area contributed by atoms with Crippen LogP contribution in [0.1, 0.15) is 5.56 Å². The van der Waals surface area contributed by atoms with E-state index in [2.05, 4.69) is 10.6 Å². The number of rotatable bonds is 6. The van der Waals surface area contributed by atoms with Crippen LogP contribution in [0, 0.1) is 0 Å². The molecular weight excluding hydrogens is 320 g/mol. The molecule has 1 saturated heterocycles. The Kier molecular flexibility index (Phi) is 5.87. The van der Waals surface area contributed by atoms with Gasteiger partial charge in [-0.05, 0) is 29.8 Å². The van der Waals surface area contributed by atoms with Gasteiger partial charge in [-0.2, -0.15) is 0 Å². The summed E-state index contributed by atoms with van der Waals surface area (Å²) in [4.78, 5) is 12.0. The smallest absolute Gasteiger partial charge is 0.250 e. The Morgan fingerprint density at radius 2 is 1.96 bits per heavy atom. The van der Waals surface area contributed by atoms with Gasteiger partial charge in [0.15, 0.2) is 11.5 Å². The maximum absolute atomic E-state index is 12.0. The standard InChI is InChI=1S/C19H22N2O4/c1-23-16-4-2-3-5-17(16)25-15-8-6-14(7-9-15)12-21-19(22)18-13-20-10-11-24-18/h2-9,18,20H,10-13H2,1H3,(H,21,22). The Morgan fingerprint density at radius 1 is 1.20 bits per heavy atom. The number of carbonyl (C=O) groups is 1. The van der Waals surface area contributed by atoms with Crippen LogP contribution in [0.15, 0.2) is 48.5 Å². The Hall–Kier alpha value is -2.57. The maximum atomic E-state index is 12.0. The van der Waals surface area contributed by atoms with Gasteiger partial charge in [0.25, 0.3) is 5.91 Å². The molecule has 6 heteroatoms. The number of nitrogens with one attached hydrogen (secondary N) is 2. The van der Waals surface area contributed by atoms with Gasteiger partial charge in [0.1, 0.15) is 11.9 Å². The molecular formula is C19H22N2O4. The van der Waals surface area contributed by atoms with Crippen molar-refractivity contribution in [1.82, 2.24) is 10.6 Å². The summed E-state index contributed by atoms with van der Waals surface area (Å²) in [6, 6.07) is 15.1. The average Bonchev–Trinajstić information content (AvgIpc) is 2.68. The molecule has 1 atom stereocenters. The second-order valence-electron chi connectivity index (χ2n) is 5.68. The molecule has 0 bridgehead atoms. The molecule has 25 heavy (non-hydrogen) atoms. The van der Waals surface area contributed by atoms with E-state index in [-0.39, 0.29) is 5.91 Å². The summed E-state index contributed by atoms with van der Waals surface area (Å²) in [7, 11) is 1.61. The van der Waals surface area contributed by atoms with Crippen LogP contribution in [-0.4, -0.2) is 38.8 Å². The molecule has 6 nitrogen and oxygen atoms in total. The van der Waals surface area contributed by atoms with Crippen molar-refractivity contribution in [2.45, 2.75) is 12.6 Å². The molecule has 2 aromatic rings. The number of hydrogen-bond acceptors (Lipinski definition) is 5. The number of para-hydroxylation sites is 2. The molecule has 1 amide bonds. The fourth-order valence-corrected chi connectivity index (χ4v) is 2.54. The molecule has 1 unspecified atom stereocenters. The zero-order valence-corrected chi connectivity index (χ0v) is 14.2. The van der Waals surface area contributed by atoms with Crippen LogP contribution in [0.2, 0.25) is 0 Å². The van der Waals surface area contributed by atoms with E-state index >= 15 is 0 Å². The third kappa shape index (κ3) is 4.71. The summed E-state index contributed by atoms with van der Waals surface area (Å²) in [5.74, 6) is 1.95. The van der Waals surface area contributed by atoms with Gasteiger partial charge < -0.3 is 24.8 Å². The number of amides is 1. The molecule has 3 rings (SSSR count). The summed E-state index contributed by atoms with van der Waals surface area (Å²) in [5, 5.41) is 6.03. The fraction of sp³-hybridized carbons (Fsp3) is 0.316. The van der Waals surface area contributed by atoms with E-state index in [4.69, 9.17) is 14.2 Å². The quantitative estimate of drug-likeness (QED) is 0.841. The van der Waals surface area contributed by atoms with Crippen LogP contribution < -0.4 is 20.1 Å². The van der Waals surface area contributed by atoms with Crippen molar-refractivity contribution in [3.63, 3.8) is 0 Å². The summed E-state index contributed by atoms with van der Waals surface area (Å²) in [6.45, 7) is 2.36. The van der Waals surface area contributed by atoms with Crippen LogP contribution in [0.5, 0.6) is 17.2 Å². The van der Waals surface area contributed by atoms with Crippen molar-refractivity contribution in [2.24, 2.45) is 0 Å². The minimum Gasteiger partial charge on any atom is -0.493 e. The average molecular weight is 342 g/mol. The first-order valence-corrected chi connectivity index (χ1v) is 8.26. The number of methoxy groups -OCH3 is 1. The molecule has 2 N–H and O–H groups in total. The van der Waals surface area contributed by atoms with E-state index in [0.717, 1.165) is 12.1 Å². The van der Waals surface area contributed by atoms with Gasteiger partial charge in [-0.1, -0.05) is 24.3 Å². The Labute approximate surface area is 147 Å². The van der Waals surface area contributed by atoms with Crippen molar-refractivity contribution in [2.75, 3.05) is 26.8 Å². The van der Waals surface area contributed by atoms with Gasteiger partial charge in [0.2, 0.25) is 0 Å². The monoisotopic (exact) mass is 342 g/mol. The van der Waals surface area contributed by atoms with Crippen LogP contribution in [0.25, 0.3) is 0 Å². The molecule has 1 aliphatic rings. The molecule has 132 valence electrons. The van der Waals surface area contributed by atoms with Gasteiger partial charge in [-0.25, -0.2) is 0 Å². The van der Waals surface area contributed by atoms with Gasteiger partial charge in [0, 0.05) is 19.6 Å². The lowest BCUT2D eigenvalue weighted by Gasteiger charge is -2.22. The largest absolute Gasteiger partial charge is 0.493 e. The number of hydrogen-bond donors (Lipinski definition) is 2. The van der Waals surface area contributed by atoms with Crippen LogP contribution in [0.3, 0.4) is 0 Å². The van der Waals surface area contributed by atoms with Crippen molar-refractivity contribution < 1.29 is 19.0 Å². The summed E-state index contributed by atoms with van der Waals surface area (Å²) >= 11 is 0. The number of carbonyl (C=O) groups excluding carboxylic acids is 1.